The molecule has 2 heterocycles. The number of carbonyl (C=O) groups excluding carboxylic acids is 2. The lowest BCUT2D eigenvalue weighted by Crippen LogP contribution is -2.52. The highest BCUT2D eigenvalue weighted by Crippen LogP contribution is 2.39. The Morgan fingerprint density at radius 1 is 1.10 bits per heavy atom. The average Bonchev–Trinajstić information content (AvgIpc) is 2.65. The Hall–Kier alpha value is -1.79. The molecule has 0 spiro atoms. The highest BCUT2D eigenvalue weighted by atomic mass is 16.4. The van der Waals surface area contributed by atoms with E-state index in [4.69, 9.17) is 5.11 Å². The summed E-state index contributed by atoms with van der Waals surface area (Å²) >= 11 is 0. The van der Waals surface area contributed by atoms with Crippen LogP contribution < -0.4 is 10.6 Å². The first-order chi connectivity index (χ1) is 9.97. The number of amides is 3. The number of hydrogen-bond donors (Lipinski definition) is 3. The number of piperidine rings is 1. The van der Waals surface area contributed by atoms with Gasteiger partial charge in [0.15, 0.2) is 0 Å². The average molecular weight is 297 g/mol. The maximum absolute atomic E-state index is 12.2. The third kappa shape index (κ3) is 4.09. The Kier molecular flexibility index (Phi) is 5.03. The molecule has 0 aliphatic carbocycles. The molecule has 2 aliphatic rings. The third-order valence-corrected chi connectivity index (χ3v) is 4.30. The van der Waals surface area contributed by atoms with Crippen LogP contribution in [0.25, 0.3) is 0 Å². The molecule has 0 radical (unpaired) electrons. The predicted octanol–water partition coefficient (Wildman–Crippen LogP) is 0.550. The first-order valence-electron chi connectivity index (χ1n) is 7.49. The van der Waals surface area contributed by atoms with E-state index in [1.54, 1.807) is 0 Å². The Labute approximate surface area is 124 Å². The van der Waals surface area contributed by atoms with Gasteiger partial charge in [-0.15, -0.1) is 0 Å². The fourth-order valence-corrected chi connectivity index (χ4v) is 3.53. The first-order valence-corrected chi connectivity index (χ1v) is 7.49. The van der Waals surface area contributed by atoms with E-state index in [-0.39, 0.29) is 36.4 Å². The lowest BCUT2D eigenvalue weighted by molar-refractivity contribution is -0.138. The summed E-state index contributed by atoms with van der Waals surface area (Å²) in [6, 6.07) is 0.226. The molecule has 2 saturated heterocycles. The second-order valence-corrected chi connectivity index (χ2v) is 5.94. The Balaban J connectivity index is 1.81. The zero-order valence-electron chi connectivity index (χ0n) is 12.3. The minimum atomic E-state index is -0.757. The molecule has 2 atom stereocenters. The molecule has 3 N–H and O–H groups in total. The van der Waals surface area contributed by atoms with Crippen LogP contribution in [0.4, 0.5) is 4.79 Å². The van der Waals surface area contributed by atoms with Crippen LogP contribution in [-0.4, -0.2) is 53.1 Å². The minimum Gasteiger partial charge on any atom is -0.481 e. The van der Waals surface area contributed by atoms with Gasteiger partial charge in [-0.1, -0.05) is 0 Å². The van der Waals surface area contributed by atoms with Crippen molar-refractivity contribution in [3.63, 3.8) is 0 Å². The second kappa shape index (κ2) is 6.78. The van der Waals surface area contributed by atoms with E-state index in [0.717, 1.165) is 25.7 Å². The minimum absolute atomic E-state index is 0.0957. The smallest absolute Gasteiger partial charge is 0.317 e. The van der Waals surface area contributed by atoms with E-state index in [1.165, 1.54) is 6.92 Å². The van der Waals surface area contributed by atoms with Crippen LogP contribution >= 0.6 is 0 Å². The fraction of sp³-hybridized carbons (Fsp3) is 0.786. The molecule has 3 amide bonds. The molecule has 2 aliphatic heterocycles. The normalized spacial score (nSPS) is 27.3. The molecule has 0 aromatic heterocycles. The van der Waals surface area contributed by atoms with Gasteiger partial charge >= 0.3 is 12.0 Å². The highest BCUT2D eigenvalue weighted by molar-refractivity contribution is 5.76. The van der Waals surface area contributed by atoms with Crippen molar-refractivity contribution < 1.29 is 19.5 Å². The molecule has 7 nitrogen and oxygen atoms in total. The molecule has 2 bridgehead atoms. The van der Waals surface area contributed by atoms with Gasteiger partial charge in [-0.25, -0.2) is 4.79 Å². The van der Waals surface area contributed by atoms with Crippen LogP contribution in [0.1, 0.15) is 39.0 Å². The molecule has 118 valence electrons. The number of urea groups is 1. The predicted molar refractivity (Wildman–Crippen MR) is 75.7 cm³/mol. The van der Waals surface area contributed by atoms with E-state index in [1.807, 2.05) is 4.90 Å². The maximum atomic E-state index is 12.2. The van der Waals surface area contributed by atoms with Crippen LogP contribution in [0, 0.1) is 5.92 Å². The Morgan fingerprint density at radius 2 is 1.67 bits per heavy atom. The zero-order chi connectivity index (χ0) is 15.4. The van der Waals surface area contributed by atoms with Crippen molar-refractivity contribution in [3.05, 3.63) is 0 Å². The number of nitrogens with one attached hydrogen (secondary N) is 2. The summed E-state index contributed by atoms with van der Waals surface area (Å²) in [7, 11) is 0. The van der Waals surface area contributed by atoms with Crippen molar-refractivity contribution in [1.82, 2.24) is 15.5 Å². The van der Waals surface area contributed by atoms with Gasteiger partial charge in [0.1, 0.15) is 0 Å². The molecule has 21 heavy (non-hydrogen) atoms. The maximum Gasteiger partial charge on any atom is 0.317 e. The lowest BCUT2D eigenvalue weighted by Gasteiger charge is -2.38. The molecule has 0 aromatic carbocycles. The monoisotopic (exact) mass is 297 g/mol. The summed E-state index contributed by atoms with van der Waals surface area (Å²) in [6.45, 7) is 2.27. The summed E-state index contributed by atoms with van der Waals surface area (Å²) in [5, 5.41) is 14.3. The Bertz CT molecular complexity index is 412. The van der Waals surface area contributed by atoms with E-state index >= 15 is 0 Å². The standard InChI is InChI=1S/C14H23N3O4/c1-9(18)15-4-5-16-14(21)17-11-2-3-12(17)7-10(6-11)8-13(19)20/h10-12H,2-8H2,1H3,(H,15,18)(H,16,21)(H,19,20). The number of carboxylic acids is 1. The number of hydrogen-bond acceptors (Lipinski definition) is 3. The summed E-state index contributed by atoms with van der Waals surface area (Å²) in [5.41, 5.74) is 0. The van der Waals surface area contributed by atoms with Gasteiger partial charge in [0, 0.05) is 38.5 Å². The van der Waals surface area contributed by atoms with Gasteiger partial charge in [-0.2, -0.15) is 0 Å². The molecule has 0 aromatic rings. The van der Waals surface area contributed by atoms with Gasteiger partial charge in [0.2, 0.25) is 5.91 Å². The van der Waals surface area contributed by atoms with Gasteiger partial charge in [-0.3, -0.25) is 9.59 Å². The van der Waals surface area contributed by atoms with Crippen molar-refractivity contribution >= 4 is 17.9 Å². The van der Waals surface area contributed by atoms with Crippen molar-refractivity contribution in [3.8, 4) is 0 Å². The summed E-state index contributed by atoms with van der Waals surface area (Å²) in [5.74, 6) is -0.685. The number of aliphatic carboxylic acids is 1. The lowest BCUT2D eigenvalue weighted by atomic mass is 9.88. The van der Waals surface area contributed by atoms with Crippen LogP contribution in [0.3, 0.4) is 0 Å². The van der Waals surface area contributed by atoms with E-state index in [9.17, 15) is 14.4 Å². The SMILES string of the molecule is CC(=O)NCCNC(=O)N1C2CCC1CC(CC(=O)O)C2. The van der Waals surface area contributed by atoms with E-state index in [2.05, 4.69) is 10.6 Å². The van der Waals surface area contributed by atoms with Crippen molar-refractivity contribution in [1.29, 1.82) is 0 Å². The number of rotatable bonds is 5. The number of carboxylic acid groups (broad SMARTS) is 1. The quantitative estimate of drug-likeness (QED) is 0.645. The van der Waals surface area contributed by atoms with E-state index < -0.39 is 5.97 Å². The topological polar surface area (TPSA) is 98.7 Å². The van der Waals surface area contributed by atoms with Gasteiger partial charge < -0.3 is 20.6 Å². The molecule has 2 fully saturated rings. The molecular weight excluding hydrogens is 274 g/mol. The van der Waals surface area contributed by atoms with E-state index in [0.29, 0.717) is 13.1 Å². The van der Waals surface area contributed by atoms with Crippen molar-refractivity contribution in [2.24, 2.45) is 5.92 Å². The summed E-state index contributed by atoms with van der Waals surface area (Å²) in [4.78, 5) is 35.7. The number of nitrogens with zero attached hydrogens (tertiary/aromatic N) is 1. The summed E-state index contributed by atoms with van der Waals surface area (Å²) < 4.78 is 0. The third-order valence-electron chi connectivity index (χ3n) is 4.30. The van der Waals surface area contributed by atoms with Gasteiger partial charge in [0.05, 0.1) is 0 Å². The molecule has 7 heteroatoms. The van der Waals surface area contributed by atoms with Crippen molar-refractivity contribution in [2.45, 2.75) is 51.1 Å². The zero-order valence-corrected chi connectivity index (χ0v) is 12.3. The number of fused-ring (bicyclic) bond motifs is 2. The molecule has 0 saturated carbocycles. The van der Waals surface area contributed by atoms with Crippen LogP contribution in [0.15, 0.2) is 0 Å². The Morgan fingerprint density at radius 3 is 2.19 bits per heavy atom. The molecule has 2 unspecified atom stereocenters. The number of carbonyl (C=O) groups is 3. The fourth-order valence-electron chi connectivity index (χ4n) is 3.53. The van der Waals surface area contributed by atoms with Crippen LogP contribution in [-0.2, 0) is 9.59 Å². The van der Waals surface area contributed by atoms with Gasteiger partial charge in [-0.05, 0) is 31.6 Å². The summed E-state index contributed by atoms with van der Waals surface area (Å²) in [6.07, 6.45) is 3.68. The largest absolute Gasteiger partial charge is 0.481 e. The molecule has 2 rings (SSSR count). The second-order valence-electron chi connectivity index (χ2n) is 5.94. The van der Waals surface area contributed by atoms with Crippen LogP contribution in [0.5, 0.6) is 0 Å². The first kappa shape index (κ1) is 15.6. The molecular formula is C14H23N3O4. The van der Waals surface area contributed by atoms with Crippen LogP contribution in [0.2, 0.25) is 0 Å². The highest BCUT2D eigenvalue weighted by Gasteiger charge is 2.43. The van der Waals surface area contributed by atoms with Gasteiger partial charge in [0.25, 0.3) is 0 Å². The van der Waals surface area contributed by atoms with Crippen molar-refractivity contribution in [2.75, 3.05) is 13.1 Å².